The average Bonchev–Trinajstić information content (AvgIpc) is 2.70. The third-order valence-corrected chi connectivity index (χ3v) is 6.62. The second-order valence-corrected chi connectivity index (χ2v) is 8.64. The Labute approximate surface area is 170 Å². The van der Waals surface area contributed by atoms with E-state index in [2.05, 4.69) is 5.32 Å². The molecule has 0 saturated carbocycles. The molecule has 9 nitrogen and oxygen atoms in total. The number of rotatable bonds is 7. The number of para-hydroxylation sites is 2. The molecule has 0 spiro atoms. The summed E-state index contributed by atoms with van der Waals surface area (Å²) in [5, 5.41) is 14.6. The molecule has 1 fully saturated rings. The first-order chi connectivity index (χ1) is 13.8. The number of piperazine rings is 1. The van der Waals surface area contributed by atoms with Crippen LogP contribution in [0.1, 0.15) is 6.92 Å². The normalized spacial score (nSPS) is 15.8. The van der Waals surface area contributed by atoms with Crippen LogP contribution in [0.2, 0.25) is 0 Å². The van der Waals surface area contributed by atoms with Gasteiger partial charge in [0.1, 0.15) is 11.4 Å². The van der Waals surface area contributed by atoms with Crippen molar-refractivity contribution in [1.82, 2.24) is 9.21 Å². The molecule has 0 bridgehead atoms. The molecule has 0 atom stereocenters. The van der Waals surface area contributed by atoms with E-state index < -0.39 is 14.9 Å². The van der Waals surface area contributed by atoms with E-state index in [9.17, 15) is 18.5 Å². The number of hydrogen-bond donors (Lipinski definition) is 1. The molecule has 1 N–H and O–H groups in total. The van der Waals surface area contributed by atoms with Gasteiger partial charge >= 0.3 is 0 Å². The summed E-state index contributed by atoms with van der Waals surface area (Å²) in [5.41, 5.74) is 0.443. The van der Waals surface area contributed by atoms with E-state index in [1.54, 1.807) is 24.3 Å². The highest BCUT2D eigenvalue weighted by atomic mass is 32.2. The predicted molar refractivity (Wildman–Crippen MR) is 110 cm³/mol. The highest BCUT2D eigenvalue weighted by Gasteiger charge is 2.29. The van der Waals surface area contributed by atoms with E-state index in [-0.39, 0.29) is 16.3 Å². The van der Waals surface area contributed by atoms with Crippen LogP contribution >= 0.6 is 0 Å². The van der Waals surface area contributed by atoms with Crippen molar-refractivity contribution in [3.05, 3.63) is 52.6 Å². The lowest BCUT2D eigenvalue weighted by Crippen LogP contribution is -2.47. The summed E-state index contributed by atoms with van der Waals surface area (Å²) >= 11 is 0. The Morgan fingerprint density at radius 3 is 2.45 bits per heavy atom. The van der Waals surface area contributed by atoms with Crippen LogP contribution in [0.4, 0.5) is 17.1 Å². The summed E-state index contributed by atoms with van der Waals surface area (Å²) in [6, 6.07) is 11.0. The summed E-state index contributed by atoms with van der Waals surface area (Å²) in [7, 11) is -1.87. The highest BCUT2D eigenvalue weighted by Crippen LogP contribution is 2.34. The van der Waals surface area contributed by atoms with Crippen LogP contribution in [0.5, 0.6) is 5.75 Å². The number of anilines is 2. The van der Waals surface area contributed by atoms with E-state index in [1.165, 1.54) is 16.4 Å². The van der Waals surface area contributed by atoms with Crippen molar-refractivity contribution in [2.24, 2.45) is 0 Å². The molecule has 156 valence electrons. The zero-order valence-corrected chi connectivity index (χ0v) is 17.2. The number of hydrogen-bond acceptors (Lipinski definition) is 7. The number of nitro benzene ring substituents is 1. The first kappa shape index (κ1) is 21.0. The molecule has 0 unspecified atom stereocenters. The van der Waals surface area contributed by atoms with Crippen molar-refractivity contribution >= 4 is 27.1 Å². The number of ether oxygens (including phenoxy) is 1. The fourth-order valence-corrected chi connectivity index (χ4v) is 4.55. The number of sulfonamides is 1. The van der Waals surface area contributed by atoms with Gasteiger partial charge < -0.3 is 15.0 Å². The van der Waals surface area contributed by atoms with Gasteiger partial charge in [-0.25, -0.2) is 8.42 Å². The molecule has 1 aliphatic heterocycles. The van der Waals surface area contributed by atoms with E-state index in [0.717, 1.165) is 6.07 Å². The standard InChI is InChI=1S/C19H24N4O5S/c1-3-28-19-7-5-4-6-17(19)20-16-9-8-15(14-18(16)23(24)25)29(26,27)22-12-10-21(2)11-13-22/h4-9,14,20H,3,10-13H2,1-2H3. The molecule has 0 amide bonds. The van der Waals surface area contributed by atoms with Crippen molar-refractivity contribution in [2.45, 2.75) is 11.8 Å². The van der Waals surface area contributed by atoms with Crippen molar-refractivity contribution in [3.8, 4) is 5.75 Å². The smallest absolute Gasteiger partial charge is 0.294 e. The Bertz CT molecular complexity index is 988. The van der Waals surface area contributed by atoms with E-state index in [1.807, 2.05) is 18.9 Å². The minimum Gasteiger partial charge on any atom is -0.492 e. The van der Waals surface area contributed by atoms with Crippen molar-refractivity contribution in [1.29, 1.82) is 0 Å². The summed E-state index contributed by atoms with van der Waals surface area (Å²) in [6.07, 6.45) is 0. The molecule has 0 aromatic heterocycles. The first-order valence-electron chi connectivity index (χ1n) is 9.29. The molecule has 1 heterocycles. The molecular weight excluding hydrogens is 396 g/mol. The lowest BCUT2D eigenvalue weighted by Gasteiger charge is -2.31. The lowest BCUT2D eigenvalue weighted by molar-refractivity contribution is -0.384. The van der Waals surface area contributed by atoms with Gasteiger partial charge in [0, 0.05) is 32.2 Å². The van der Waals surface area contributed by atoms with Crippen LogP contribution in [0.15, 0.2) is 47.4 Å². The predicted octanol–water partition coefficient (Wildman–Crippen LogP) is 2.67. The van der Waals surface area contributed by atoms with E-state index in [0.29, 0.717) is 44.2 Å². The van der Waals surface area contributed by atoms with Gasteiger partial charge in [0.2, 0.25) is 10.0 Å². The molecule has 0 radical (unpaired) electrons. The third-order valence-electron chi connectivity index (χ3n) is 4.72. The molecule has 29 heavy (non-hydrogen) atoms. The van der Waals surface area contributed by atoms with Crippen molar-refractivity contribution in [3.63, 3.8) is 0 Å². The minimum absolute atomic E-state index is 0.0857. The Hall–Kier alpha value is -2.69. The average molecular weight is 420 g/mol. The number of nitro groups is 1. The van der Waals surface area contributed by atoms with Gasteiger partial charge in [-0.1, -0.05) is 12.1 Å². The SMILES string of the molecule is CCOc1ccccc1Nc1ccc(S(=O)(=O)N2CCN(C)CC2)cc1[N+](=O)[O-]. The fourth-order valence-electron chi connectivity index (χ4n) is 3.10. The van der Waals surface area contributed by atoms with Gasteiger partial charge in [0.15, 0.2) is 0 Å². The molecule has 3 rings (SSSR count). The lowest BCUT2D eigenvalue weighted by atomic mass is 10.2. The maximum Gasteiger partial charge on any atom is 0.294 e. The van der Waals surface area contributed by atoms with Gasteiger partial charge in [-0.2, -0.15) is 4.31 Å². The van der Waals surface area contributed by atoms with Crippen LogP contribution in [-0.2, 0) is 10.0 Å². The highest BCUT2D eigenvalue weighted by molar-refractivity contribution is 7.89. The number of nitrogens with one attached hydrogen (secondary N) is 1. The van der Waals surface area contributed by atoms with Gasteiger partial charge in [-0.05, 0) is 38.2 Å². The maximum atomic E-state index is 12.9. The Morgan fingerprint density at radius 1 is 1.10 bits per heavy atom. The third kappa shape index (κ3) is 4.66. The van der Waals surface area contributed by atoms with Crippen LogP contribution in [0.25, 0.3) is 0 Å². The minimum atomic E-state index is -3.80. The summed E-state index contributed by atoms with van der Waals surface area (Å²) in [5.74, 6) is 0.554. The molecule has 0 aliphatic carbocycles. The first-order valence-corrected chi connectivity index (χ1v) is 10.7. The molecule has 2 aromatic carbocycles. The number of likely N-dealkylation sites (N-methyl/N-ethyl adjacent to an activating group) is 1. The van der Waals surface area contributed by atoms with Crippen LogP contribution in [-0.4, -0.2) is 62.4 Å². The van der Waals surface area contributed by atoms with E-state index >= 15 is 0 Å². The molecule has 1 aliphatic rings. The van der Waals surface area contributed by atoms with Crippen molar-refractivity contribution < 1.29 is 18.1 Å². The molecule has 1 saturated heterocycles. The van der Waals surface area contributed by atoms with Crippen LogP contribution in [0, 0.1) is 10.1 Å². The largest absolute Gasteiger partial charge is 0.492 e. The van der Waals surface area contributed by atoms with Gasteiger partial charge in [0.25, 0.3) is 5.69 Å². The number of benzene rings is 2. The van der Waals surface area contributed by atoms with Crippen LogP contribution in [0.3, 0.4) is 0 Å². The summed E-state index contributed by atoms with van der Waals surface area (Å²) in [4.78, 5) is 13.0. The molecule has 10 heteroatoms. The van der Waals surface area contributed by atoms with Crippen molar-refractivity contribution in [2.75, 3.05) is 45.2 Å². The quantitative estimate of drug-likeness (QED) is 0.542. The van der Waals surface area contributed by atoms with Gasteiger partial charge in [-0.3, -0.25) is 10.1 Å². The monoisotopic (exact) mass is 420 g/mol. The second kappa shape index (κ2) is 8.76. The van der Waals surface area contributed by atoms with Gasteiger partial charge in [-0.15, -0.1) is 0 Å². The summed E-state index contributed by atoms with van der Waals surface area (Å²) < 4.78 is 32.7. The van der Waals surface area contributed by atoms with Gasteiger partial charge in [0.05, 0.1) is 22.1 Å². The maximum absolute atomic E-state index is 12.9. The second-order valence-electron chi connectivity index (χ2n) is 6.70. The van der Waals surface area contributed by atoms with E-state index in [4.69, 9.17) is 4.74 Å². The zero-order valence-electron chi connectivity index (χ0n) is 16.4. The fraction of sp³-hybridized carbons (Fsp3) is 0.368. The van der Waals surface area contributed by atoms with Crippen LogP contribution < -0.4 is 10.1 Å². The Kier molecular flexibility index (Phi) is 6.36. The topological polar surface area (TPSA) is 105 Å². The Balaban J connectivity index is 1.93. The Morgan fingerprint density at radius 2 is 1.79 bits per heavy atom. The molecule has 2 aromatic rings. The zero-order chi connectivity index (χ0) is 21.0. The summed E-state index contributed by atoms with van der Waals surface area (Å²) in [6.45, 7) is 4.24. The molecular formula is C19H24N4O5S. The number of nitrogens with zero attached hydrogens (tertiary/aromatic N) is 3.